The summed E-state index contributed by atoms with van der Waals surface area (Å²) in [5.74, 6) is 1.29. The summed E-state index contributed by atoms with van der Waals surface area (Å²) in [5, 5.41) is 0.921. The smallest absolute Gasteiger partial charge is 0.0224 e. The zero-order valence-electron chi connectivity index (χ0n) is 13.4. The molecule has 3 rings (SSSR count). The van der Waals surface area contributed by atoms with E-state index in [1.165, 1.54) is 70.3 Å². The second-order valence-electron chi connectivity index (χ2n) is 6.90. The molecule has 3 heteroatoms. The van der Waals surface area contributed by atoms with E-state index in [1.54, 1.807) is 0 Å². The molecule has 0 N–H and O–H groups in total. The number of hydrogen-bond acceptors (Lipinski definition) is 3. The van der Waals surface area contributed by atoms with Crippen molar-refractivity contribution in [2.75, 3.05) is 25.4 Å². The van der Waals surface area contributed by atoms with Crippen molar-refractivity contribution in [1.29, 1.82) is 0 Å². The summed E-state index contributed by atoms with van der Waals surface area (Å²) in [6.45, 7) is 8.81. The third kappa shape index (κ3) is 3.05. The van der Waals surface area contributed by atoms with Crippen LogP contribution in [-0.2, 0) is 0 Å². The van der Waals surface area contributed by atoms with Gasteiger partial charge in [0, 0.05) is 36.5 Å². The first kappa shape index (κ1) is 15.2. The molecular formula is C17H32N2S. The Kier molecular flexibility index (Phi) is 5.33. The summed E-state index contributed by atoms with van der Waals surface area (Å²) in [4.78, 5) is 5.76. The van der Waals surface area contributed by atoms with Gasteiger partial charge in [-0.25, -0.2) is 0 Å². The minimum atomic E-state index is 0.826. The van der Waals surface area contributed by atoms with Gasteiger partial charge in [0.2, 0.25) is 0 Å². The largest absolute Gasteiger partial charge is 0.298 e. The van der Waals surface area contributed by atoms with Gasteiger partial charge in [0.1, 0.15) is 0 Å². The third-order valence-electron chi connectivity index (χ3n) is 5.78. The molecule has 0 radical (unpaired) electrons. The van der Waals surface area contributed by atoms with E-state index in [9.17, 15) is 0 Å². The first-order valence-corrected chi connectivity index (χ1v) is 9.99. The maximum absolute atomic E-state index is 2.95. The number of rotatable bonds is 4. The number of piperazine rings is 1. The standard InChI is InChI=1S/C17H32N2S/c1-3-14-12-18-11-6-5-8-15(18)13-19(14)16-9-7-10-17(16)20-4-2/h14-17H,3-13H2,1-2H3. The van der Waals surface area contributed by atoms with Crippen LogP contribution in [-0.4, -0.2) is 58.6 Å². The summed E-state index contributed by atoms with van der Waals surface area (Å²) < 4.78 is 0. The Morgan fingerprint density at radius 3 is 2.70 bits per heavy atom. The van der Waals surface area contributed by atoms with Crippen LogP contribution in [0.5, 0.6) is 0 Å². The van der Waals surface area contributed by atoms with Gasteiger partial charge in [-0.3, -0.25) is 9.80 Å². The quantitative estimate of drug-likeness (QED) is 0.782. The Morgan fingerprint density at radius 1 is 1.00 bits per heavy atom. The van der Waals surface area contributed by atoms with E-state index in [-0.39, 0.29) is 0 Å². The zero-order valence-corrected chi connectivity index (χ0v) is 14.2. The molecule has 116 valence electrons. The highest BCUT2D eigenvalue weighted by Gasteiger charge is 2.41. The van der Waals surface area contributed by atoms with Crippen LogP contribution in [0.3, 0.4) is 0 Å². The Hall–Kier alpha value is 0.270. The highest BCUT2D eigenvalue weighted by molar-refractivity contribution is 7.99. The van der Waals surface area contributed by atoms with Gasteiger partial charge in [-0.1, -0.05) is 26.7 Å². The van der Waals surface area contributed by atoms with Gasteiger partial charge in [-0.2, -0.15) is 11.8 Å². The maximum atomic E-state index is 2.95. The molecule has 2 saturated heterocycles. The van der Waals surface area contributed by atoms with Gasteiger partial charge in [0.25, 0.3) is 0 Å². The third-order valence-corrected chi connectivity index (χ3v) is 7.09. The van der Waals surface area contributed by atoms with Crippen molar-refractivity contribution in [3.8, 4) is 0 Å². The molecule has 2 heterocycles. The lowest BCUT2D eigenvalue weighted by atomic mass is 9.94. The fraction of sp³-hybridized carbons (Fsp3) is 1.00. The normalized spacial score (nSPS) is 39.9. The minimum Gasteiger partial charge on any atom is -0.298 e. The molecule has 3 fully saturated rings. The molecule has 3 aliphatic rings. The average Bonchev–Trinajstić information content (AvgIpc) is 2.94. The van der Waals surface area contributed by atoms with Gasteiger partial charge in [0.15, 0.2) is 0 Å². The lowest BCUT2D eigenvalue weighted by molar-refractivity contribution is -0.0129. The number of piperidine rings is 1. The number of fused-ring (bicyclic) bond motifs is 1. The summed E-state index contributed by atoms with van der Waals surface area (Å²) in [6.07, 6.45) is 10.1. The lowest BCUT2D eigenvalue weighted by Crippen LogP contribution is -2.62. The van der Waals surface area contributed by atoms with Crippen molar-refractivity contribution in [1.82, 2.24) is 9.80 Å². The molecule has 2 aliphatic heterocycles. The fourth-order valence-electron chi connectivity index (χ4n) is 4.74. The molecule has 1 aliphatic carbocycles. The van der Waals surface area contributed by atoms with Crippen LogP contribution in [0.2, 0.25) is 0 Å². The maximum Gasteiger partial charge on any atom is 0.0224 e. The van der Waals surface area contributed by atoms with Gasteiger partial charge >= 0.3 is 0 Å². The van der Waals surface area contributed by atoms with E-state index in [4.69, 9.17) is 0 Å². The Bertz CT molecular complexity index is 309. The van der Waals surface area contributed by atoms with E-state index in [2.05, 4.69) is 35.4 Å². The molecule has 0 amide bonds. The van der Waals surface area contributed by atoms with Crippen LogP contribution in [0.4, 0.5) is 0 Å². The summed E-state index contributed by atoms with van der Waals surface area (Å²) in [6, 6.07) is 2.58. The van der Waals surface area contributed by atoms with E-state index < -0.39 is 0 Å². The first-order valence-electron chi connectivity index (χ1n) is 8.94. The highest BCUT2D eigenvalue weighted by atomic mass is 32.2. The van der Waals surface area contributed by atoms with E-state index >= 15 is 0 Å². The molecule has 2 nitrogen and oxygen atoms in total. The van der Waals surface area contributed by atoms with Crippen LogP contribution in [0, 0.1) is 0 Å². The van der Waals surface area contributed by atoms with Gasteiger partial charge < -0.3 is 0 Å². The number of thioether (sulfide) groups is 1. The van der Waals surface area contributed by atoms with Crippen molar-refractivity contribution >= 4 is 11.8 Å². The van der Waals surface area contributed by atoms with Gasteiger partial charge in [-0.05, 0) is 44.4 Å². The lowest BCUT2D eigenvalue weighted by Gasteiger charge is -2.51. The van der Waals surface area contributed by atoms with Crippen LogP contribution in [0.15, 0.2) is 0 Å². The Morgan fingerprint density at radius 2 is 1.90 bits per heavy atom. The van der Waals surface area contributed by atoms with E-state index in [1.807, 2.05) is 0 Å². The molecule has 1 saturated carbocycles. The molecule has 4 unspecified atom stereocenters. The molecule has 4 atom stereocenters. The van der Waals surface area contributed by atoms with E-state index in [0.717, 1.165) is 23.4 Å². The van der Waals surface area contributed by atoms with Crippen molar-refractivity contribution in [3.05, 3.63) is 0 Å². The van der Waals surface area contributed by atoms with Crippen molar-refractivity contribution in [2.45, 2.75) is 82.2 Å². The summed E-state index contributed by atoms with van der Waals surface area (Å²) >= 11 is 2.23. The zero-order chi connectivity index (χ0) is 13.9. The van der Waals surface area contributed by atoms with Crippen molar-refractivity contribution in [2.24, 2.45) is 0 Å². The van der Waals surface area contributed by atoms with Gasteiger partial charge in [0.05, 0.1) is 0 Å². The van der Waals surface area contributed by atoms with Crippen molar-refractivity contribution in [3.63, 3.8) is 0 Å². The monoisotopic (exact) mass is 296 g/mol. The molecule has 0 spiro atoms. The second-order valence-corrected chi connectivity index (χ2v) is 8.41. The molecule has 20 heavy (non-hydrogen) atoms. The first-order chi connectivity index (χ1) is 9.83. The predicted molar refractivity (Wildman–Crippen MR) is 89.6 cm³/mol. The van der Waals surface area contributed by atoms with Crippen LogP contribution in [0.1, 0.15) is 58.8 Å². The SMILES string of the molecule is CCSC1CCCC1N1CC2CCCCN2CC1CC. The van der Waals surface area contributed by atoms with Crippen LogP contribution < -0.4 is 0 Å². The summed E-state index contributed by atoms with van der Waals surface area (Å²) in [5.41, 5.74) is 0. The van der Waals surface area contributed by atoms with Crippen LogP contribution >= 0.6 is 11.8 Å². The minimum absolute atomic E-state index is 0.826. The number of hydrogen-bond donors (Lipinski definition) is 0. The molecule has 0 aromatic rings. The highest BCUT2D eigenvalue weighted by Crippen LogP contribution is 2.37. The van der Waals surface area contributed by atoms with Gasteiger partial charge in [-0.15, -0.1) is 0 Å². The topological polar surface area (TPSA) is 6.48 Å². The molecular weight excluding hydrogens is 264 g/mol. The van der Waals surface area contributed by atoms with Crippen LogP contribution in [0.25, 0.3) is 0 Å². The molecule has 0 bridgehead atoms. The Balaban J connectivity index is 1.69. The second kappa shape index (κ2) is 7.02. The predicted octanol–water partition coefficient (Wildman–Crippen LogP) is 3.61. The average molecular weight is 297 g/mol. The number of nitrogens with zero attached hydrogens (tertiary/aromatic N) is 2. The van der Waals surface area contributed by atoms with Crippen molar-refractivity contribution < 1.29 is 0 Å². The molecule has 0 aromatic carbocycles. The Labute approximate surface area is 129 Å². The molecule has 0 aromatic heterocycles. The fourth-order valence-corrected chi connectivity index (χ4v) is 6.02. The summed E-state index contributed by atoms with van der Waals surface area (Å²) in [7, 11) is 0. The van der Waals surface area contributed by atoms with E-state index in [0.29, 0.717) is 0 Å².